The van der Waals surface area contributed by atoms with E-state index < -0.39 is 0 Å². The van der Waals surface area contributed by atoms with E-state index in [0.717, 1.165) is 21.6 Å². The summed E-state index contributed by atoms with van der Waals surface area (Å²) < 4.78 is 0.774. The van der Waals surface area contributed by atoms with E-state index in [1.807, 2.05) is 50.2 Å². The topological polar surface area (TPSA) is 66.9 Å². The fourth-order valence-corrected chi connectivity index (χ4v) is 4.42. The fraction of sp³-hybridized carbons (Fsp3) is 0.250. The largest absolute Gasteiger partial charge is 0.355 e. The van der Waals surface area contributed by atoms with Crippen LogP contribution in [0.4, 0.5) is 10.8 Å². The second kappa shape index (κ2) is 9.53. The van der Waals surface area contributed by atoms with Crippen LogP contribution in [0, 0.1) is 6.92 Å². The van der Waals surface area contributed by atoms with Crippen molar-refractivity contribution in [3.63, 3.8) is 0 Å². The third-order valence-electron chi connectivity index (χ3n) is 3.88. The van der Waals surface area contributed by atoms with Crippen molar-refractivity contribution in [3.8, 4) is 0 Å². The Balaban J connectivity index is 1.46. The molecule has 140 valence electrons. The highest BCUT2D eigenvalue weighted by Gasteiger charge is 2.17. The van der Waals surface area contributed by atoms with Crippen LogP contribution < -0.4 is 10.6 Å². The molecule has 3 aromatic rings. The summed E-state index contributed by atoms with van der Waals surface area (Å²) in [5, 5.41) is 15.1. The van der Waals surface area contributed by atoms with Gasteiger partial charge in [-0.3, -0.25) is 4.79 Å². The van der Waals surface area contributed by atoms with Crippen LogP contribution in [-0.2, 0) is 11.2 Å². The highest BCUT2D eigenvalue weighted by Crippen LogP contribution is 2.30. The van der Waals surface area contributed by atoms with Gasteiger partial charge in [0.15, 0.2) is 4.34 Å². The van der Waals surface area contributed by atoms with Crippen LogP contribution >= 0.6 is 23.1 Å². The summed E-state index contributed by atoms with van der Waals surface area (Å²) in [5.74, 6) is 0.0133. The van der Waals surface area contributed by atoms with Crippen LogP contribution in [-0.4, -0.2) is 27.9 Å². The standard InChI is InChI=1S/C20H22N4OS2/c1-14-7-6-10-17(13-14)22-19-23-24-20(27-19)26-15(2)18(25)21-12-11-16-8-4-3-5-9-16/h3-10,13,15H,11-12H2,1-2H3,(H,21,25)(H,22,23)/t15-/m1/s1. The van der Waals surface area contributed by atoms with Crippen molar-refractivity contribution in [2.45, 2.75) is 29.9 Å². The molecule has 0 spiro atoms. The minimum atomic E-state index is -0.222. The van der Waals surface area contributed by atoms with E-state index in [2.05, 4.69) is 39.0 Å². The van der Waals surface area contributed by atoms with Crippen molar-refractivity contribution in [3.05, 3.63) is 65.7 Å². The average Bonchev–Trinajstić information content (AvgIpc) is 3.09. The van der Waals surface area contributed by atoms with Crippen molar-refractivity contribution < 1.29 is 4.79 Å². The van der Waals surface area contributed by atoms with Gasteiger partial charge in [0.05, 0.1) is 5.25 Å². The fourth-order valence-electron chi connectivity index (χ4n) is 2.48. The highest BCUT2D eigenvalue weighted by atomic mass is 32.2. The van der Waals surface area contributed by atoms with Gasteiger partial charge in [0.25, 0.3) is 0 Å². The number of hydrogen-bond donors (Lipinski definition) is 2. The van der Waals surface area contributed by atoms with Gasteiger partial charge in [-0.05, 0) is 43.5 Å². The first-order chi connectivity index (χ1) is 13.1. The maximum atomic E-state index is 12.3. The number of aromatic nitrogens is 2. The second-order valence-electron chi connectivity index (χ2n) is 6.15. The zero-order chi connectivity index (χ0) is 19.1. The number of nitrogens with one attached hydrogen (secondary N) is 2. The third kappa shape index (κ3) is 6.08. The number of aryl methyl sites for hydroxylation is 1. The SMILES string of the molecule is Cc1cccc(Nc2nnc(S[C@H](C)C(=O)NCCc3ccccc3)s2)c1. The van der Waals surface area contributed by atoms with Gasteiger partial charge >= 0.3 is 0 Å². The molecule has 0 radical (unpaired) electrons. The molecule has 3 rings (SSSR count). The normalized spacial score (nSPS) is 11.8. The summed E-state index contributed by atoms with van der Waals surface area (Å²) in [6, 6.07) is 18.2. The second-order valence-corrected chi connectivity index (χ2v) is 8.72. The predicted molar refractivity (Wildman–Crippen MR) is 113 cm³/mol. The molecule has 1 atom stereocenters. The quantitative estimate of drug-likeness (QED) is 0.550. The Hall–Kier alpha value is -2.38. The highest BCUT2D eigenvalue weighted by molar-refractivity contribution is 8.02. The van der Waals surface area contributed by atoms with E-state index in [1.165, 1.54) is 34.2 Å². The number of carbonyl (C=O) groups excluding carboxylic acids is 1. The Bertz CT molecular complexity index is 882. The van der Waals surface area contributed by atoms with Crippen molar-refractivity contribution >= 4 is 39.8 Å². The Morgan fingerprint density at radius 1 is 1.15 bits per heavy atom. The minimum Gasteiger partial charge on any atom is -0.355 e. The molecule has 1 amide bonds. The lowest BCUT2D eigenvalue weighted by Crippen LogP contribution is -2.32. The molecule has 1 aromatic heterocycles. The Labute approximate surface area is 167 Å². The first kappa shape index (κ1) is 19.4. The summed E-state index contributed by atoms with van der Waals surface area (Å²) in [6.45, 7) is 4.56. The number of hydrogen-bond acceptors (Lipinski definition) is 6. The first-order valence-electron chi connectivity index (χ1n) is 8.75. The molecular weight excluding hydrogens is 376 g/mol. The number of thioether (sulfide) groups is 1. The van der Waals surface area contributed by atoms with Gasteiger partial charge in [-0.25, -0.2) is 0 Å². The van der Waals surface area contributed by atoms with E-state index in [-0.39, 0.29) is 11.2 Å². The molecule has 0 saturated carbocycles. The predicted octanol–water partition coefficient (Wildman–Crippen LogP) is 4.43. The van der Waals surface area contributed by atoms with E-state index >= 15 is 0 Å². The van der Waals surface area contributed by atoms with Crippen LogP contribution in [0.25, 0.3) is 0 Å². The number of anilines is 2. The van der Waals surface area contributed by atoms with Gasteiger partial charge in [-0.1, -0.05) is 65.6 Å². The summed E-state index contributed by atoms with van der Waals surface area (Å²) in [4.78, 5) is 12.3. The van der Waals surface area contributed by atoms with E-state index in [9.17, 15) is 4.79 Å². The zero-order valence-corrected chi connectivity index (χ0v) is 16.9. The minimum absolute atomic E-state index is 0.0133. The van der Waals surface area contributed by atoms with Gasteiger partial charge in [0, 0.05) is 12.2 Å². The molecule has 0 aliphatic carbocycles. The molecule has 0 fully saturated rings. The number of carbonyl (C=O) groups is 1. The van der Waals surface area contributed by atoms with Crippen LogP contribution in [0.5, 0.6) is 0 Å². The molecule has 0 saturated heterocycles. The lowest BCUT2D eigenvalue weighted by molar-refractivity contribution is -0.120. The van der Waals surface area contributed by atoms with Gasteiger partial charge in [0.1, 0.15) is 0 Å². The number of amides is 1. The van der Waals surface area contributed by atoms with Crippen molar-refractivity contribution in [2.75, 3.05) is 11.9 Å². The summed E-state index contributed by atoms with van der Waals surface area (Å²) in [6.07, 6.45) is 0.827. The maximum Gasteiger partial charge on any atom is 0.233 e. The molecule has 0 unspecified atom stereocenters. The van der Waals surface area contributed by atoms with E-state index in [1.54, 1.807) is 0 Å². The molecule has 0 aliphatic rings. The van der Waals surface area contributed by atoms with Crippen LogP contribution in [0.2, 0.25) is 0 Å². The van der Waals surface area contributed by atoms with Gasteiger partial charge < -0.3 is 10.6 Å². The van der Waals surface area contributed by atoms with Gasteiger partial charge in [-0.2, -0.15) is 0 Å². The lowest BCUT2D eigenvalue weighted by atomic mass is 10.1. The van der Waals surface area contributed by atoms with Crippen molar-refractivity contribution in [1.29, 1.82) is 0 Å². The zero-order valence-electron chi connectivity index (χ0n) is 15.3. The molecule has 1 heterocycles. The summed E-state index contributed by atoms with van der Waals surface area (Å²) >= 11 is 2.87. The first-order valence-corrected chi connectivity index (χ1v) is 10.5. The summed E-state index contributed by atoms with van der Waals surface area (Å²) in [5.41, 5.74) is 3.38. The molecule has 0 aliphatic heterocycles. The van der Waals surface area contributed by atoms with E-state index in [0.29, 0.717) is 6.54 Å². The van der Waals surface area contributed by atoms with Crippen LogP contribution in [0.3, 0.4) is 0 Å². The molecular formula is C20H22N4OS2. The molecule has 7 heteroatoms. The van der Waals surface area contributed by atoms with Crippen molar-refractivity contribution in [2.24, 2.45) is 0 Å². The summed E-state index contributed by atoms with van der Waals surface area (Å²) in [7, 11) is 0. The molecule has 27 heavy (non-hydrogen) atoms. The van der Waals surface area contributed by atoms with Crippen LogP contribution in [0.1, 0.15) is 18.1 Å². The number of rotatable bonds is 8. The molecule has 0 bridgehead atoms. The lowest BCUT2D eigenvalue weighted by Gasteiger charge is -2.10. The smallest absolute Gasteiger partial charge is 0.233 e. The maximum absolute atomic E-state index is 12.3. The van der Waals surface area contributed by atoms with Crippen molar-refractivity contribution in [1.82, 2.24) is 15.5 Å². The Morgan fingerprint density at radius 3 is 2.74 bits per heavy atom. The van der Waals surface area contributed by atoms with Gasteiger partial charge in [-0.15, -0.1) is 10.2 Å². The average molecular weight is 399 g/mol. The number of benzene rings is 2. The molecule has 5 nitrogen and oxygen atoms in total. The Morgan fingerprint density at radius 2 is 1.96 bits per heavy atom. The number of nitrogens with zero attached hydrogens (tertiary/aromatic N) is 2. The van der Waals surface area contributed by atoms with E-state index in [4.69, 9.17) is 0 Å². The van der Waals surface area contributed by atoms with Gasteiger partial charge in [0.2, 0.25) is 11.0 Å². The monoisotopic (exact) mass is 398 g/mol. The third-order valence-corrected chi connectivity index (χ3v) is 5.90. The molecule has 2 aromatic carbocycles. The molecule has 2 N–H and O–H groups in total. The van der Waals surface area contributed by atoms with Crippen LogP contribution in [0.15, 0.2) is 58.9 Å². The Kier molecular flexibility index (Phi) is 6.84.